The van der Waals surface area contributed by atoms with E-state index in [4.69, 9.17) is 13.8 Å². The summed E-state index contributed by atoms with van der Waals surface area (Å²) >= 11 is 1.53. The summed E-state index contributed by atoms with van der Waals surface area (Å²) in [6.07, 6.45) is 20.4. The molecule has 0 N–H and O–H groups in total. The van der Waals surface area contributed by atoms with E-state index in [-0.39, 0.29) is 12.4 Å². The van der Waals surface area contributed by atoms with E-state index in [1.807, 2.05) is 21.7 Å². The van der Waals surface area contributed by atoms with E-state index < -0.39 is 7.82 Å². The quantitative estimate of drug-likeness (QED) is 0.0906. The first-order chi connectivity index (χ1) is 17.1. The molecule has 1 aromatic carbocycles. The molecule has 1 unspecified atom stereocenters. The number of hydrogen-bond donors (Lipinski definition) is 0. The molecule has 0 fully saturated rings. The van der Waals surface area contributed by atoms with Gasteiger partial charge in [-0.2, -0.15) is 4.57 Å². The second-order valence-corrected chi connectivity index (χ2v) is 11.1. The van der Waals surface area contributed by atoms with Crippen LogP contribution in [0.25, 0.3) is 0 Å². The fourth-order valence-electron chi connectivity index (χ4n) is 3.91. The van der Waals surface area contributed by atoms with Gasteiger partial charge in [0.25, 0.3) is 0 Å². The predicted octanol–water partition coefficient (Wildman–Crippen LogP) is 7.46. The van der Waals surface area contributed by atoms with Crippen LogP contribution in [0.5, 0.6) is 11.5 Å². The van der Waals surface area contributed by atoms with Crippen molar-refractivity contribution >= 4 is 19.2 Å². The highest BCUT2D eigenvalue weighted by Crippen LogP contribution is 2.40. The summed E-state index contributed by atoms with van der Waals surface area (Å²) in [5, 5.41) is 1.91. The number of unbranched alkanes of at least 4 members (excludes halogenated alkanes) is 13. The lowest BCUT2D eigenvalue weighted by Crippen LogP contribution is -2.33. The number of rotatable bonds is 22. The highest BCUT2D eigenvalue weighted by atomic mass is 32.1. The molecule has 1 aromatic heterocycles. The monoisotopic (exact) mass is 525 g/mol. The standard InChI is InChI=1S/C27H44NO5PS/c1-2-3-4-5-6-7-8-9-10-11-12-13-14-15-21-31-26-17-16-18-27(24-26)33-34(29,30)32-22-19-28-20-23-35-25-28/h16-18,20,23-25H,2-15,19,21-22H2,1H3. The van der Waals surface area contributed by atoms with Crippen molar-refractivity contribution in [1.29, 1.82) is 0 Å². The van der Waals surface area contributed by atoms with Gasteiger partial charge in [0.05, 0.1) is 12.0 Å². The van der Waals surface area contributed by atoms with E-state index in [0.29, 0.717) is 18.9 Å². The van der Waals surface area contributed by atoms with E-state index >= 15 is 0 Å². The van der Waals surface area contributed by atoms with Crippen LogP contribution in [0.1, 0.15) is 96.8 Å². The normalized spacial score (nSPS) is 13.0. The Morgan fingerprint density at radius 3 is 2.06 bits per heavy atom. The van der Waals surface area contributed by atoms with Gasteiger partial charge in [-0.15, -0.1) is 0 Å². The van der Waals surface area contributed by atoms with Gasteiger partial charge in [0, 0.05) is 6.07 Å². The minimum absolute atomic E-state index is 0.0253. The summed E-state index contributed by atoms with van der Waals surface area (Å²) in [7, 11) is -4.43. The number of hydrogen-bond acceptors (Lipinski definition) is 6. The van der Waals surface area contributed by atoms with Gasteiger partial charge in [-0.25, -0.2) is 0 Å². The first-order valence-electron chi connectivity index (χ1n) is 13.4. The maximum Gasteiger partial charge on any atom is 0.319 e. The SMILES string of the molecule is CCCCCCCCCCCCCCCCOc1cccc(OP(=O)([O-])OCC[n+]2ccsc2)c1. The van der Waals surface area contributed by atoms with Crippen LogP contribution in [0.4, 0.5) is 0 Å². The summed E-state index contributed by atoms with van der Waals surface area (Å²) in [4.78, 5) is 12.1. The lowest BCUT2D eigenvalue weighted by molar-refractivity contribution is -0.693. The number of phosphoric ester groups is 1. The molecule has 0 saturated carbocycles. The van der Waals surface area contributed by atoms with Crippen molar-refractivity contribution in [3.8, 4) is 11.5 Å². The minimum atomic E-state index is -4.43. The lowest BCUT2D eigenvalue weighted by atomic mass is 10.0. The molecule has 0 aliphatic heterocycles. The molecule has 1 heterocycles. The Hall–Kier alpha value is -1.40. The fraction of sp³-hybridized carbons (Fsp3) is 0.667. The Balaban J connectivity index is 1.47. The van der Waals surface area contributed by atoms with Gasteiger partial charge in [-0.1, -0.05) is 108 Å². The van der Waals surface area contributed by atoms with Crippen LogP contribution in [-0.4, -0.2) is 13.2 Å². The highest BCUT2D eigenvalue weighted by molar-refractivity contribution is 7.46. The van der Waals surface area contributed by atoms with Crippen LogP contribution in [0.15, 0.2) is 41.4 Å². The molecular formula is C27H44NO5PS. The molecule has 1 atom stereocenters. The number of phosphoric acid groups is 1. The van der Waals surface area contributed by atoms with E-state index in [9.17, 15) is 9.46 Å². The van der Waals surface area contributed by atoms with E-state index in [1.165, 1.54) is 88.4 Å². The van der Waals surface area contributed by atoms with Gasteiger partial charge >= 0.3 is 7.82 Å². The Morgan fingerprint density at radius 1 is 0.857 bits per heavy atom. The van der Waals surface area contributed by atoms with Crippen LogP contribution in [-0.2, 0) is 15.6 Å². The van der Waals surface area contributed by atoms with Crippen molar-refractivity contribution < 1.29 is 27.8 Å². The fourth-order valence-corrected chi connectivity index (χ4v) is 5.27. The molecule has 6 nitrogen and oxygen atoms in total. The number of aromatic nitrogens is 1. The topological polar surface area (TPSA) is 71.7 Å². The zero-order valence-electron chi connectivity index (χ0n) is 21.4. The van der Waals surface area contributed by atoms with Gasteiger partial charge in [-0.05, 0) is 18.6 Å². The van der Waals surface area contributed by atoms with Crippen LogP contribution < -0.4 is 18.7 Å². The third-order valence-corrected chi connectivity index (χ3v) is 7.52. The summed E-state index contributed by atoms with van der Waals surface area (Å²) < 4.78 is 29.8. The van der Waals surface area contributed by atoms with E-state index in [0.717, 1.165) is 12.8 Å². The van der Waals surface area contributed by atoms with Gasteiger partial charge < -0.3 is 18.7 Å². The van der Waals surface area contributed by atoms with Crippen molar-refractivity contribution in [3.63, 3.8) is 0 Å². The molecular weight excluding hydrogens is 481 g/mol. The summed E-state index contributed by atoms with van der Waals surface area (Å²) in [5.41, 5.74) is 1.89. The summed E-state index contributed by atoms with van der Waals surface area (Å²) in [6, 6.07) is 6.70. The first kappa shape index (κ1) is 29.8. The molecule has 0 bridgehead atoms. The molecule has 0 saturated heterocycles. The summed E-state index contributed by atoms with van der Waals surface area (Å²) in [6.45, 7) is 3.36. The first-order valence-corrected chi connectivity index (χ1v) is 15.8. The number of ether oxygens (including phenoxy) is 1. The Morgan fingerprint density at radius 2 is 1.46 bits per heavy atom. The number of thiazole rings is 1. The third-order valence-electron chi connectivity index (χ3n) is 5.92. The summed E-state index contributed by atoms with van der Waals surface area (Å²) in [5.74, 6) is 0.802. The maximum absolute atomic E-state index is 12.1. The van der Waals surface area contributed by atoms with Crippen molar-refractivity contribution in [1.82, 2.24) is 0 Å². The molecule has 2 aromatic rings. The lowest BCUT2D eigenvalue weighted by Gasteiger charge is -2.22. The molecule has 0 spiro atoms. The second kappa shape index (κ2) is 18.8. The van der Waals surface area contributed by atoms with Gasteiger partial charge in [0.15, 0.2) is 12.7 Å². The smallest absolute Gasteiger partial charge is 0.319 e. The molecule has 0 aliphatic rings. The molecule has 0 radical (unpaired) electrons. The Kier molecular flexibility index (Phi) is 16.0. The molecule has 35 heavy (non-hydrogen) atoms. The average molecular weight is 526 g/mol. The minimum Gasteiger partial charge on any atom is -0.746 e. The zero-order chi connectivity index (χ0) is 25.0. The van der Waals surface area contributed by atoms with E-state index in [1.54, 1.807) is 24.3 Å². The second-order valence-electron chi connectivity index (χ2n) is 9.06. The van der Waals surface area contributed by atoms with Gasteiger partial charge in [0.2, 0.25) is 5.51 Å². The Labute approximate surface area is 216 Å². The van der Waals surface area contributed by atoms with Crippen molar-refractivity contribution in [3.05, 3.63) is 41.4 Å². The molecule has 2 rings (SSSR count). The molecule has 0 aliphatic carbocycles. The van der Waals surface area contributed by atoms with Crippen LogP contribution in [0, 0.1) is 0 Å². The van der Waals surface area contributed by atoms with Gasteiger partial charge in [0.1, 0.15) is 18.1 Å². The maximum atomic E-state index is 12.1. The van der Waals surface area contributed by atoms with Crippen molar-refractivity contribution in [2.45, 2.75) is 103 Å². The molecule has 198 valence electrons. The Bertz CT molecular complexity index is 818. The molecule has 8 heteroatoms. The van der Waals surface area contributed by atoms with Crippen LogP contribution in [0.2, 0.25) is 0 Å². The predicted molar refractivity (Wildman–Crippen MR) is 141 cm³/mol. The van der Waals surface area contributed by atoms with Crippen LogP contribution >= 0.6 is 19.2 Å². The van der Waals surface area contributed by atoms with Gasteiger partial charge in [-0.3, -0.25) is 4.57 Å². The molecule has 0 amide bonds. The third kappa shape index (κ3) is 15.3. The zero-order valence-corrected chi connectivity index (χ0v) is 23.1. The van der Waals surface area contributed by atoms with Crippen molar-refractivity contribution in [2.75, 3.05) is 13.2 Å². The van der Waals surface area contributed by atoms with Crippen LogP contribution in [0.3, 0.4) is 0 Å². The number of benzene rings is 1. The highest BCUT2D eigenvalue weighted by Gasteiger charge is 2.13. The number of nitrogens with zero attached hydrogens (tertiary/aromatic N) is 1. The largest absolute Gasteiger partial charge is 0.746 e. The van der Waals surface area contributed by atoms with Crippen molar-refractivity contribution in [2.24, 2.45) is 0 Å². The average Bonchev–Trinajstić information content (AvgIpc) is 3.35. The van der Waals surface area contributed by atoms with E-state index in [2.05, 4.69) is 6.92 Å².